The average Bonchev–Trinajstić information content (AvgIpc) is 3.02. The van der Waals surface area contributed by atoms with Crippen molar-refractivity contribution in [1.82, 2.24) is 19.8 Å². The molecule has 0 unspecified atom stereocenters. The summed E-state index contributed by atoms with van der Waals surface area (Å²) in [5.41, 5.74) is 3.53. The Kier molecular flexibility index (Phi) is 4.79. The summed E-state index contributed by atoms with van der Waals surface area (Å²) in [5.74, 6) is 0.982. The molecular weight excluding hydrogens is 320 g/mol. The molecule has 1 aliphatic rings. The third kappa shape index (κ3) is 3.39. The van der Waals surface area contributed by atoms with Crippen LogP contribution in [0.3, 0.4) is 0 Å². The molecule has 26 heavy (non-hydrogen) atoms. The number of nitrogens with zero attached hydrogens (tertiary/aromatic N) is 3. The minimum atomic E-state index is 0.641. The van der Waals surface area contributed by atoms with E-state index in [0.29, 0.717) is 6.04 Å². The van der Waals surface area contributed by atoms with Crippen LogP contribution in [0.1, 0.15) is 25.2 Å². The zero-order valence-electron chi connectivity index (χ0n) is 16.0. The van der Waals surface area contributed by atoms with Gasteiger partial charge in [0.2, 0.25) is 0 Å². The van der Waals surface area contributed by atoms with Gasteiger partial charge in [-0.2, -0.15) is 0 Å². The van der Waals surface area contributed by atoms with E-state index in [9.17, 15) is 0 Å². The molecule has 0 bridgehead atoms. The lowest BCUT2D eigenvalue weighted by atomic mass is 10.0. The van der Waals surface area contributed by atoms with Crippen LogP contribution >= 0.6 is 0 Å². The van der Waals surface area contributed by atoms with E-state index >= 15 is 0 Å². The lowest BCUT2D eigenvalue weighted by Crippen LogP contribution is -2.48. The van der Waals surface area contributed by atoms with Gasteiger partial charge in [0.25, 0.3) is 0 Å². The standard InChI is InChI=1S/C22H28N4/c1-16(2)26-13-11-25(12-14-26)15-21-17(3)23-22(24-21)20-10-6-8-18-7-4-5-9-19(18)20/h4-10,16H,11-15H2,1-3H3,(H,23,24). The second kappa shape index (κ2) is 7.22. The Morgan fingerprint density at radius 1 is 1.00 bits per heavy atom. The van der Waals surface area contributed by atoms with Gasteiger partial charge in [0.15, 0.2) is 0 Å². The summed E-state index contributed by atoms with van der Waals surface area (Å²) in [6.45, 7) is 12.2. The number of nitrogens with one attached hydrogen (secondary N) is 1. The van der Waals surface area contributed by atoms with Gasteiger partial charge in [0.1, 0.15) is 5.82 Å². The first-order valence-corrected chi connectivity index (χ1v) is 9.62. The average molecular weight is 348 g/mol. The highest BCUT2D eigenvalue weighted by Gasteiger charge is 2.20. The van der Waals surface area contributed by atoms with Crippen molar-refractivity contribution in [3.05, 3.63) is 53.9 Å². The number of piperazine rings is 1. The molecular formula is C22H28N4. The van der Waals surface area contributed by atoms with Crippen molar-refractivity contribution in [1.29, 1.82) is 0 Å². The molecule has 0 saturated carbocycles. The van der Waals surface area contributed by atoms with Gasteiger partial charge in [0.05, 0.1) is 5.69 Å². The molecule has 4 heteroatoms. The molecule has 0 radical (unpaired) electrons. The zero-order chi connectivity index (χ0) is 18.1. The Labute approximate surface area is 155 Å². The molecule has 1 aliphatic heterocycles. The molecule has 2 aromatic carbocycles. The minimum absolute atomic E-state index is 0.641. The Morgan fingerprint density at radius 3 is 2.50 bits per heavy atom. The summed E-state index contributed by atoms with van der Waals surface area (Å²) < 4.78 is 0. The molecule has 0 spiro atoms. The van der Waals surface area contributed by atoms with Gasteiger partial charge in [0, 0.05) is 50.0 Å². The van der Waals surface area contributed by atoms with Crippen LogP contribution < -0.4 is 0 Å². The van der Waals surface area contributed by atoms with Crippen molar-refractivity contribution >= 4 is 10.8 Å². The van der Waals surface area contributed by atoms with Crippen LogP contribution in [-0.2, 0) is 6.54 Å². The maximum absolute atomic E-state index is 4.97. The molecule has 1 aromatic heterocycles. The van der Waals surface area contributed by atoms with Crippen molar-refractivity contribution in [3.63, 3.8) is 0 Å². The van der Waals surface area contributed by atoms with Crippen molar-refractivity contribution in [2.24, 2.45) is 0 Å². The smallest absolute Gasteiger partial charge is 0.138 e. The number of aromatic amines is 1. The largest absolute Gasteiger partial charge is 0.342 e. The van der Waals surface area contributed by atoms with Crippen molar-refractivity contribution in [2.75, 3.05) is 26.2 Å². The van der Waals surface area contributed by atoms with Gasteiger partial charge in [-0.05, 0) is 31.5 Å². The fourth-order valence-electron chi connectivity index (χ4n) is 3.86. The number of hydrogen-bond donors (Lipinski definition) is 1. The highest BCUT2D eigenvalue weighted by atomic mass is 15.3. The van der Waals surface area contributed by atoms with Crippen LogP contribution in [-0.4, -0.2) is 52.0 Å². The van der Waals surface area contributed by atoms with E-state index in [1.165, 1.54) is 27.7 Å². The number of benzene rings is 2. The van der Waals surface area contributed by atoms with Crippen molar-refractivity contribution in [2.45, 2.75) is 33.4 Å². The van der Waals surface area contributed by atoms with Crippen LogP contribution in [0.25, 0.3) is 22.2 Å². The summed E-state index contributed by atoms with van der Waals surface area (Å²) >= 11 is 0. The van der Waals surface area contributed by atoms with Gasteiger partial charge >= 0.3 is 0 Å². The highest BCUT2D eigenvalue weighted by Crippen LogP contribution is 2.27. The molecule has 3 aromatic rings. The summed E-state index contributed by atoms with van der Waals surface area (Å²) in [4.78, 5) is 13.6. The molecule has 1 saturated heterocycles. The Hall–Kier alpha value is -2.17. The number of rotatable bonds is 4. The van der Waals surface area contributed by atoms with Crippen LogP contribution in [0.5, 0.6) is 0 Å². The molecule has 0 aliphatic carbocycles. The molecule has 4 rings (SSSR count). The first kappa shape index (κ1) is 17.3. The van der Waals surface area contributed by atoms with Gasteiger partial charge in [-0.15, -0.1) is 0 Å². The predicted molar refractivity (Wildman–Crippen MR) is 108 cm³/mol. The first-order valence-electron chi connectivity index (χ1n) is 9.62. The monoisotopic (exact) mass is 348 g/mol. The van der Waals surface area contributed by atoms with Gasteiger partial charge in [-0.25, -0.2) is 4.98 Å². The molecule has 0 amide bonds. The fourth-order valence-corrected chi connectivity index (χ4v) is 3.86. The SMILES string of the molecule is Cc1[nH]c(-c2cccc3ccccc23)nc1CN1CCN(C(C)C)CC1. The Bertz CT molecular complexity index is 883. The van der Waals surface area contributed by atoms with E-state index in [1.54, 1.807) is 0 Å². The van der Waals surface area contributed by atoms with E-state index in [4.69, 9.17) is 4.98 Å². The lowest BCUT2D eigenvalue weighted by Gasteiger charge is -2.36. The van der Waals surface area contributed by atoms with E-state index < -0.39 is 0 Å². The van der Waals surface area contributed by atoms with Crippen LogP contribution in [0.15, 0.2) is 42.5 Å². The maximum Gasteiger partial charge on any atom is 0.138 e. The molecule has 4 nitrogen and oxygen atoms in total. The van der Waals surface area contributed by atoms with Crippen LogP contribution in [0.4, 0.5) is 0 Å². The van der Waals surface area contributed by atoms with Crippen molar-refractivity contribution < 1.29 is 0 Å². The summed E-state index contributed by atoms with van der Waals surface area (Å²) in [7, 11) is 0. The van der Waals surface area contributed by atoms with Gasteiger partial charge in [-0.3, -0.25) is 9.80 Å². The van der Waals surface area contributed by atoms with E-state index in [1.807, 2.05) is 0 Å². The van der Waals surface area contributed by atoms with Gasteiger partial charge < -0.3 is 4.98 Å². The van der Waals surface area contributed by atoms with Gasteiger partial charge in [-0.1, -0.05) is 42.5 Å². The fraction of sp³-hybridized carbons (Fsp3) is 0.409. The summed E-state index contributed by atoms with van der Waals surface area (Å²) in [6, 6.07) is 15.6. The second-order valence-corrected chi connectivity index (χ2v) is 7.59. The van der Waals surface area contributed by atoms with Crippen LogP contribution in [0, 0.1) is 6.92 Å². The molecule has 2 heterocycles. The molecule has 136 valence electrons. The number of fused-ring (bicyclic) bond motifs is 1. The summed E-state index contributed by atoms with van der Waals surface area (Å²) in [6.07, 6.45) is 0. The zero-order valence-corrected chi connectivity index (χ0v) is 16.0. The third-order valence-corrected chi connectivity index (χ3v) is 5.54. The molecule has 0 atom stereocenters. The summed E-state index contributed by atoms with van der Waals surface area (Å²) in [5, 5.41) is 2.51. The topological polar surface area (TPSA) is 35.2 Å². The van der Waals surface area contributed by atoms with E-state index in [-0.39, 0.29) is 0 Å². The number of aryl methyl sites for hydroxylation is 1. The third-order valence-electron chi connectivity index (χ3n) is 5.54. The number of imidazole rings is 1. The number of hydrogen-bond acceptors (Lipinski definition) is 3. The van der Waals surface area contributed by atoms with Crippen molar-refractivity contribution in [3.8, 4) is 11.4 Å². The number of H-pyrrole nitrogens is 1. The molecule has 1 fully saturated rings. The predicted octanol–water partition coefficient (Wildman–Crippen LogP) is 4.06. The van der Waals surface area contributed by atoms with Crippen LogP contribution in [0.2, 0.25) is 0 Å². The molecule has 1 N–H and O–H groups in total. The quantitative estimate of drug-likeness (QED) is 0.772. The lowest BCUT2D eigenvalue weighted by molar-refractivity contribution is 0.103. The Balaban J connectivity index is 1.55. The van der Waals surface area contributed by atoms with E-state index in [0.717, 1.165) is 38.5 Å². The minimum Gasteiger partial charge on any atom is -0.342 e. The normalized spacial score (nSPS) is 16.6. The maximum atomic E-state index is 4.97. The number of aromatic nitrogens is 2. The second-order valence-electron chi connectivity index (χ2n) is 7.59. The highest BCUT2D eigenvalue weighted by molar-refractivity contribution is 5.95. The Morgan fingerprint density at radius 2 is 1.73 bits per heavy atom. The van der Waals surface area contributed by atoms with E-state index in [2.05, 4.69) is 78.0 Å². The first-order chi connectivity index (χ1) is 12.6.